The molecule has 2 aromatic carbocycles. The first-order valence-electron chi connectivity index (χ1n) is 13.1. The van der Waals surface area contributed by atoms with Crippen molar-refractivity contribution < 1.29 is 17.1 Å². The second-order valence-corrected chi connectivity index (χ2v) is 22.6. The van der Waals surface area contributed by atoms with Crippen LogP contribution >= 0.6 is 15.8 Å². The Kier molecular flexibility index (Phi) is 12.8. The Morgan fingerprint density at radius 1 is 0.600 bits per heavy atom. The SMILES string of the molecule is CC(C)(C)c1cc(CP(C(C)(C)C)C(C)(C)C)c(CP(C(C)(C)C)C(C)(C)C)[cH-]1.[Fe+2].c1cc[cH-]c1. The van der Waals surface area contributed by atoms with Crippen molar-refractivity contribution in [2.24, 2.45) is 0 Å². The summed E-state index contributed by atoms with van der Waals surface area (Å²) in [6.07, 6.45) is 2.51. The molecule has 0 unspecified atom stereocenters. The van der Waals surface area contributed by atoms with Crippen LogP contribution in [0.3, 0.4) is 0 Å². The van der Waals surface area contributed by atoms with E-state index in [9.17, 15) is 0 Å². The second-order valence-electron chi connectivity index (χ2n) is 14.9. The van der Waals surface area contributed by atoms with E-state index in [2.05, 4.69) is 116 Å². The van der Waals surface area contributed by atoms with Crippen molar-refractivity contribution in [1.82, 2.24) is 0 Å². The average molecular weight is 559 g/mol. The molecule has 0 N–H and O–H groups in total. The van der Waals surface area contributed by atoms with Crippen molar-refractivity contribution in [3.05, 3.63) is 59.2 Å². The molecule has 0 aliphatic rings. The molecule has 2 aromatic rings. The van der Waals surface area contributed by atoms with Crippen LogP contribution in [0.2, 0.25) is 0 Å². The van der Waals surface area contributed by atoms with Crippen molar-refractivity contribution >= 4 is 15.8 Å². The Balaban J connectivity index is 0.00000170. The first-order chi connectivity index (χ1) is 15.0. The molecule has 0 bridgehead atoms. The first kappa shape index (κ1) is 35.1. The smallest absolute Gasteiger partial charge is 0.214 e. The minimum absolute atomic E-state index is 0. The third-order valence-electron chi connectivity index (χ3n) is 6.39. The summed E-state index contributed by atoms with van der Waals surface area (Å²) in [6.45, 7) is 36.5. The van der Waals surface area contributed by atoms with Gasteiger partial charge in [-0.1, -0.05) is 118 Å². The molecule has 0 atom stereocenters. The molecule has 35 heavy (non-hydrogen) atoms. The van der Waals surface area contributed by atoms with Crippen LogP contribution in [0.4, 0.5) is 0 Å². The van der Waals surface area contributed by atoms with Crippen molar-refractivity contribution in [2.45, 2.75) is 142 Å². The molecule has 0 saturated carbocycles. The molecular weight excluding hydrogens is 502 g/mol. The molecule has 3 heteroatoms. The van der Waals surface area contributed by atoms with E-state index >= 15 is 0 Å². The molecule has 0 aliphatic carbocycles. The van der Waals surface area contributed by atoms with Gasteiger partial charge in [0.15, 0.2) is 0 Å². The Bertz CT molecular complexity index is 741. The van der Waals surface area contributed by atoms with Crippen LogP contribution in [0.5, 0.6) is 0 Å². The van der Waals surface area contributed by atoms with E-state index in [1.807, 2.05) is 30.3 Å². The van der Waals surface area contributed by atoms with Gasteiger partial charge in [0, 0.05) is 0 Å². The third-order valence-corrected chi connectivity index (χ3v) is 14.2. The van der Waals surface area contributed by atoms with Gasteiger partial charge in [0.2, 0.25) is 0 Å². The Morgan fingerprint density at radius 2 is 0.971 bits per heavy atom. The van der Waals surface area contributed by atoms with E-state index in [0.29, 0.717) is 20.6 Å². The summed E-state index contributed by atoms with van der Waals surface area (Å²) in [5, 5.41) is 1.46. The van der Waals surface area contributed by atoms with Crippen molar-refractivity contribution in [2.75, 3.05) is 0 Å². The molecule has 2 rings (SSSR count). The maximum Gasteiger partial charge on any atom is 2.00 e. The minimum atomic E-state index is -0.132. The second kappa shape index (κ2) is 12.8. The standard InChI is InChI=1S/C27H51P2.C5H5.Fe/c1-23(2,3)22-16-20(18-28(24(4,5)6)25(7,8)9)21(17-22)19-29(26(10,11)12)27(13,14)15;1-2-4-5-3-1;/h16-17H,18-19H2,1-15H3;1-5H;/q2*-1;+2. The fourth-order valence-electron chi connectivity index (χ4n) is 4.95. The summed E-state index contributed by atoms with van der Waals surface area (Å²) in [5.41, 5.74) is 5.03. The Morgan fingerprint density at radius 3 is 1.26 bits per heavy atom. The topological polar surface area (TPSA) is 0 Å². The molecule has 202 valence electrons. The molecule has 0 amide bonds. The maximum atomic E-state index is 2.57. The van der Waals surface area contributed by atoms with Crippen LogP contribution in [0.25, 0.3) is 0 Å². The Hall–Kier alpha value is 0.0795. The van der Waals surface area contributed by atoms with Gasteiger partial charge in [-0.25, -0.2) is 18.2 Å². The molecule has 0 nitrogen and oxygen atoms in total. The largest absolute Gasteiger partial charge is 2.00 e. The van der Waals surface area contributed by atoms with Crippen molar-refractivity contribution in [3.63, 3.8) is 0 Å². The minimum Gasteiger partial charge on any atom is -0.214 e. The van der Waals surface area contributed by atoms with E-state index in [4.69, 9.17) is 0 Å². The van der Waals surface area contributed by atoms with Crippen LogP contribution in [0.15, 0.2) is 42.5 Å². The van der Waals surface area contributed by atoms with Gasteiger partial charge in [-0.3, -0.25) is 0 Å². The summed E-state index contributed by atoms with van der Waals surface area (Å²) < 4.78 is 0. The normalized spacial score (nSPS) is 13.5. The number of rotatable bonds is 4. The molecule has 0 heterocycles. The molecular formula is C32H56FeP2. The zero-order valence-corrected chi connectivity index (χ0v) is 28.6. The predicted octanol–water partition coefficient (Wildman–Crippen LogP) is 11.3. The van der Waals surface area contributed by atoms with Crippen LogP contribution in [0, 0.1) is 0 Å². The zero-order valence-electron chi connectivity index (χ0n) is 25.7. The molecule has 0 fully saturated rings. The predicted molar refractivity (Wildman–Crippen MR) is 163 cm³/mol. The fourth-order valence-corrected chi connectivity index (χ4v) is 12.1. The van der Waals surface area contributed by atoms with E-state index in [1.165, 1.54) is 17.9 Å². The van der Waals surface area contributed by atoms with Gasteiger partial charge in [0.1, 0.15) is 0 Å². The van der Waals surface area contributed by atoms with Crippen LogP contribution in [-0.4, -0.2) is 20.6 Å². The quantitative estimate of drug-likeness (QED) is 0.199. The summed E-state index contributed by atoms with van der Waals surface area (Å²) >= 11 is 0. The maximum absolute atomic E-state index is 2.57. The van der Waals surface area contributed by atoms with Gasteiger partial charge >= 0.3 is 17.1 Å². The molecule has 0 aromatic heterocycles. The van der Waals surface area contributed by atoms with Gasteiger partial charge in [-0.15, -0.1) is 7.92 Å². The van der Waals surface area contributed by atoms with Gasteiger partial charge in [-0.2, -0.15) is 41.0 Å². The first-order valence-corrected chi connectivity index (χ1v) is 16.1. The van der Waals surface area contributed by atoms with E-state index in [1.54, 1.807) is 11.1 Å². The molecule has 0 radical (unpaired) electrons. The van der Waals surface area contributed by atoms with Gasteiger partial charge in [0.25, 0.3) is 0 Å². The van der Waals surface area contributed by atoms with Crippen LogP contribution < -0.4 is 0 Å². The summed E-state index contributed by atoms with van der Waals surface area (Å²) in [4.78, 5) is 0. The van der Waals surface area contributed by atoms with E-state index in [0.717, 1.165) is 0 Å². The summed E-state index contributed by atoms with van der Waals surface area (Å²) in [6, 6.07) is 15.1. The summed E-state index contributed by atoms with van der Waals surface area (Å²) in [7, 11) is -0.263. The average Bonchev–Trinajstić information content (AvgIpc) is 3.26. The van der Waals surface area contributed by atoms with E-state index < -0.39 is 0 Å². The molecule has 0 saturated heterocycles. The number of hydrogen-bond donors (Lipinski definition) is 0. The van der Waals surface area contributed by atoms with Gasteiger partial charge in [-0.05, 0) is 32.2 Å². The van der Waals surface area contributed by atoms with Crippen LogP contribution in [-0.2, 0) is 34.8 Å². The van der Waals surface area contributed by atoms with Crippen LogP contribution in [0.1, 0.15) is 121 Å². The zero-order chi connectivity index (χ0) is 26.8. The third kappa shape index (κ3) is 11.6. The number of hydrogen-bond acceptors (Lipinski definition) is 0. The van der Waals surface area contributed by atoms with Crippen molar-refractivity contribution in [1.29, 1.82) is 0 Å². The Labute approximate surface area is 233 Å². The molecule has 0 spiro atoms. The fraction of sp³-hybridized carbons (Fsp3) is 0.688. The van der Waals surface area contributed by atoms with E-state index in [-0.39, 0.29) is 38.3 Å². The molecule has 0 aliphatic heterocycles. The monoisotopic (exact) mass is 558 g/mol. The summed E-state index contributed by atoms with van der Waals surface area (Å²) in [5.74, 6) is 0. The van der Waals surface area contributed by atoms with Gasteiger partial charge < -0.3 is 0 Å². The van der Waals surface area contributed by atoms with Gasteiger partial charge in [0.05, 0.1) is 0 Å². The van der Waals surface area contributed by atoms with Crippen molar-refractivity contribution in [3.8, 4) is 0 Å².